The summed E-state index contributed by atoms with van der Waals surface area (Å²) in [6.07, 6.45) is 2.50. The molecule has 1 aromatic rings. The number of likely N-dealkylation sites (tertiary alicyclic amines) is 1. The van der Waals surface area contributed by atoms with E-state index in [1.807, 2.05) is 0 Å². The van der Waals surface area contributed by atoms with E-state index in [0.717, 1.165) is 0 Å². The van der Waals surface area contributed by atoms with Crippen molar-refractivity contribution in [3.8, 4) is 5.75 Å². The van der Waals surface area contributed by atoms with Crippen LogP contribution in [0.5, 0.6) is 5.75 Å². The summed E-state index contributed by atoms with van der Waals surface area (Å²) in [5.41, 5.74) is 0.539. The lowest BCUT2D eigenvalue weighted by Crippen LogP contribution is -2.43. The van der Waals surface area contributed by atoms with E-state index < -0.39 is 0 Å². The fourth-order valence-electron chi connectivity index (χ4n) is 3.47. The van der Waals surface area contributed by atoms with Gasteiger partial charge in [0, 0.05) is 32.1 Å². The lowest BCUT2D eigenvalue weighted by Gasteiger charge is -2.30. The van der Waals surface area contributed by atoms with E-state index in [4.69, 9.17) is 9.47 Å². The summed E-state index contributed by atoms with van der Waals surface area (Å²) in [5.74, 6) is -0.0267. The Morgan fingerprint density at radius 1 is 1.10 bits per heavy atom. The molecule has 0 bridgehead atoms. The molecule has 29 heavy (non-hydrogen) atoms. The van der Waals surface area contributed by atoms with Gasteiger partial charge < -0.3 is 24.6 Å². The van der Waals surface area contributed by atoms with Crippen LogP contribution in [0.4, 0.5) is 5.69 Å². The van der Waals surface area contributed by atoms with E-state index in [9.17, 15) is 14.4 Å². The maximum Gasteiger partial charge on any atom is 0.260 e. The minimum absolute atomic E-state index is 0.0884. The predicted molar refractivity (Wildman–Crippen MR) is 107 cm³/mol. The Bertz CT molecular complexity index is 752. The molecule has 2 aliphatic rings. The Hall–Kier alpha value is -2.87. The number of nitrogens with zero attached hydrogens (tertiary/aromatic N) is 2. The highest BCUT2D eigenvalue weighted by atomic mass is 16.5. The normalized spacial score (nSPS) is 17.5. The summed E-state index contributed by atoms with van der Waals surface area (Å²) in [6, 6.07) is 7.08. The molecule has 0 spiro atoms. The van der Waals surface area contributed by atoms with Gasteiger partial charge in [0.25, 0.3) is 5.91 Å². The Balaban J connectivity index is 1.53. The molecule has 8 nitrogen and oxygen atoms in total. The number of hydrogen-bond donors (Lipinski definition) is 1. The first-order valence-electron chi connectivity index (χ1n) is 9.88. The van der Waals surface area contributed by atoms with Crippen LogP contribution in [-0.4, -0.2) is 73.5 Å². The van der Waals surface area contributed by atoms with Gasteiger partial charge in [-0.2, -0.15) is 0 Å². The number of piperidine rings is 1. The maximum absolute atomic E-state index is 12.7. The van der Waals surface area contributed by atoms with E-state index in [1.165, 1.54) is 6.08 Å². The van der Waals surface area contributed by atoms with Gasteiger partial charge in [-0.3, -0.25) is 14.4 Å². The summed E-state index contributed by atoms with van der Waals surface area (Å²) >= 11 is 0. The van der Waals surface area contributed by atoms with Crippen molar-refractivity contribution >= 4 is 23.4 Å². The van der Waals surface area contributed by atoms with Crippen molar-refractivity contribution in [3.63, 3.8) is 0 Å². The van der Waals surface area contributed by atoms with Gasteiger partial charge in [-0.25, -0.2) is 0 Å². The number of para-hydroxylation sites is 2. The Morgan fingerprint density at radius 3 is 2.48 bits per heavy atom. The fraction of sp³-hybridized carbons (Fsp3) is 0.476. The zero-order valence-corrected chi connectivity index (χ0v) is 16.5. The molecule has 2 saturated heterocycles. The number of hydrogen-bond acceptors (Lipinski definition) is 5. The van der Waals surface area contributed by atoms with Crippen molar-refractivity contribution in [1.82, 2.24) is 9.80 Å². The molecule has 1 N–H and O–H groups in total. The maximum atomic E-state index is 12.7. The van der Waals surface area contributed by atoms with Crippen molar-refractivity contribution in [1.29, 1.82) is 0 Å². The van der Waals surface area contributed by atoms with Gasteiger partial charge in [-0.1, -0.05) is 18.7 Å². The van der Waals surface area contributed by atoms with E-state index in [0.29, 0.717) is 63.7 Å². The van der Waals surface area contributed by atoms with Gasteiger partial charge in [-0.05, 0) is 31.1 Å². The quantitative estimate of drug-likeness (QED) is 0.726. The zero-order chi connectivity index (χ0) is 20.6. The SMILES string of the molecule is C=CC(=O)N1CCC(C(=O)Nc2ccccc2OCC(=O)N2CCOCC2)CC1. The van der Waals surface area contributed by atoms with Crippen LogP contribution in [0.3, 0.4) is 0 Å². The summed E-state index contributed by atoms with van der Waals surface area (Å²) in [4.78, 5) is 40.0. The summed E-state index contributed by atoms with van der Waals surface area (Å²) in [7, 11) is 0. The van der Waals surface area contributed by atoms with Crippen LogP contribution < -0.4 is 10.1 Å². The lowest BCUT2D eigenvalue weighted by molar-refractivity contribution is -0.137. The van der Waals surface area contributed by atoms with E-state index >= 15 is 0 Å². The second-order valence-corrected chi connectivity index (χ2v) is 7.07. The van der Waals surface area contributed by atoms with E-state index in [1.54, 1.807) is 34.1 Å². The number of carbonyl (C=O) groups excluding carboxylic acids is 3. The van der Waals surface area contributed by atoms with Gasteiger partial charge in [0.2, 0.25) is 11.8 Å². The van der Waals surface area contributed by atoms with Gasteiger partial charge >= 0.3 is 0 Å². The van der Waals surface area contributed by atoms with Gasteiger partial charge in [-0.15, -0.1) is 0 Å². The molecule has 3 amide bonds. The average molecular weight is 401 g/mol. The molecule has 0 aliphatic carbocycles. The third-order valence-corrected chi connectivity index (χ3v) is 5.21. The molecular weight excluding hydrogens is 374 g/mol. The predicted octanol–water partition coefficient (Wildman–Crippen LogP) is 1.29. The molecular formula is C21H27N3O5. The number of nitrogens with one attached hydrogen (secondary N) is 1. The van der Waals surface area contributed by atoms with E-state index in [-0.39, 0.29) is 30.2 Å². The highest BCUT2D eigenvalue weighted by molar-refractivity contribution is 5.94. The molecule has 156 valence electrons. The number of morpholine rings is 1. The van der Waals surface area contributed by atoms with Gasteiger partial charge in [0.15, 0.2) is 6.61 Å². The third kappa shape index (κ3) is 5.57. The molecule has 2 fully saturated rings. The van der Waals surface area contributed by atoms with Crippen LogP contribution in [0.15, 0.2) is 36.9 Å². The molecule has 2 heterocycles. The highest BCUT2D eigenvalue weighted by Gasteiger charge is 2.27. The molecule has 1 aromatic carbocycles. The topological polar surface area (TPSA) is 88.2 Å². The molecule has 2 aliphatic heterocycles. The second-order valence-electron chi connectivity index (χ2n) is 7.07. The first-order chi connectivity index (χ1) is 14.1. The molecule has 0 saturated carbocycles. The van der Waals surface area contributed by atoms with Gasteiger partial charge in [0.1, 0.15) is 5.75 Å². The van der Waals surface area contributed by atoms with E-state index in [2.05, 4.69) is 11.9 Å². The molecule has 3 rings (SSSR count). The van der Waals surface area contributed by atoms with Crippen LogP contribution in [0.25, 0.3) is 0 Å². The summed E-state index contributed by atoms with van der Waals surface area (Å²) < 4.78 is 10.9. The molecule has 0 aromatic heterocycles. The average Bonchev–Trinajstić information content (AvgIpc) is 2.78. The van der Waals surface area contributed by atoms with Crippen molar-refractivity contribution in [2.24, 2.45) is 5.92 Å². The first-order valence-corrected chi connectivity index (χ1v) is 9.88. The van der Waals surface area contributed by atoms with Crippen LogP contribution in [0.1, 0.15) is 12.8 Å². The first kappa shape index (κ1) is 20.9. The minimum atomic E-state index is -0.174. The van der Waals surface area contributed by atoms with Crippen LogP contribution >= 0.6 is 0 Å². The Morgan fingerprint density at radius 2 is 1.79 bits per heavy atom. The molecule has 8 heteroatoms. The number of ether oxygens (including phenoxy) is 2. The van der Waals surface area contributed by atoms with Crippen molar-refractivity contribution < 1.29 is 23.9 Å². The fourth-order valence-corrected chi connectivity index (χ4v) is 3.47. The van der Waals surface area contributed by atoms with Crippen molar-refractivity contribution in [2.45, 2.75) is 12.8 Å². The third-order valence-electron chi connectivity index (χ3n) is 5.21. The smallest absolute Gasteiger partial charge is 0.260 e. The standard InChI is InChI=1S/C21H27N3O5/c1-2-19(25)23-9-7-16(8-10-23)21(27)22-17-5-3-4-6-18(17)29-15-20(26)24-11-13-28-14-12-24/h2-6,16H,1,7-15H2,(H,22,27). The largest absolute Gasteiger partial charge is 0.482 e. The minimum Gasteiger partial charge on any atom is -0.482 e. The summed E-state index contributed by atoms with van der Waals surface area (Å²) in [5, 5.41) is 2.91. The molecule has 0 radical (unpaired) electrons. The number of rotatable bonds is 6. The van der Waals surface area contributed by atoms with Crippen LogP contribution in [0.2, 0.25) is 0 Å². The Labute approximate surface area is 170 Å². The number of carbonyl (C=O) groups is 3. The molecule has 0 unspecified atom stereocenters. The van der Waals surface area contributed by atoms with Crippen LogP contribution in [0, 0.1) is 5.92 Å². The number of benzene rings is 1. The zero-order valence-electron chi connectivity index (χ0n) is 16.5. The van der Waals surface area contributed by atoms with Crippen molar-refractivity contribution in [2.75, 3.05) is 51.3 Å². The number of amides is 3. The lowest BCUT2D eigenvalue weighted by atomic mass is 9.95. The van der Waals surface area contributed by atoms with Gasteiger partial charge in [0.05, 0.1) is 18.9 Å². The van der Waals surface area contributed by atoms with Crippen LogP contribution in [-0.2, 0) is 19.1 Å². The molecule has 0 atom stereocenters. The van der Waals surface area contributed by atoms with Crippen molar-refractivity contribution in [3.05, 3.63) is 36.9 Å². The monoisotopic (exact) mass is 401 g/mol. The second kappa shape index (κ2) is 10.1. The Kier molecular flexibility index (Phi) is 7.24. The summed E-state index contributed by atoms with van der Waals surface area (Å²) in [6.45, 7) is 6.68. The number of anilines is 1. The highest BCUT2D eigenvalue weighted by Crippen LogP contribution is 2.26.